The third kappa shape index (κ3) is 3.45. The lowest BCUT2D eigenvalue weighted by Gasteiger charge is -2.36. The standard InChI is InChI=1S/C18H24N2O2S/c1-4-11-23-17-19-15-8-6-5-7-14(15)16(21)20(17)13-9-10-22-18(2,3)12-13/h5-8,13H,4,9-12H2,1-3H3/t13-/m1/s1. The zero-order valence-corrected chi connectivity index (χ0v) is 14.9. The predicted octanol–water partition coefficient (Wildman–Crippen LogP) is 4.03. The highest BCUT2D eigenvalue weighted by molar-refractivity contribution is 7.99. The molecule has 0 amide bonds. The first-order valence-corrected chi connectivity index (χ1v) is 9.28. The maximum atomic E-state index is 13.1. The van der Waals surface area contributed by atoms with Crippen LogP contribution in [0.2, 0.25) is 0 Å². The van der Waals surface area contributed by atoms with Crippen molar-refractivity contribution in [3.8, 4) is 0 Å². The number of ether oxygens (including phenoxy) is 1. The van der Waals surface area contributed by atoms with E-state index in [1.54, 1.807) is 11.8 Å². The number of hydrogen-bond donors (Lipinski definition) is 0. The van der Waals surface area contributed by atoms with E-state index < -0.39 is 0 Å². The maximum Gasteiger partial charge on any atom is 0.262 e. The summed E-state index contributed by atoms with van der Waals surface area (Å²) in [5, 5.41) is 1.55. The summed E-state index contributed by atoms with van der Waals surface area (Å²) in [6.45, 7) is 7.03. The average molecular weight is 332 g/mol. The van der Waals surface area contributed by atoms with E-state index in [-0.39, 0.29) is 17.2 Å². The van der Waals surface area contributed by atoms with E-state index in [4.69, 9.17) is 9.72 Å². The summed E-state index contributed by atoms with van der Waals surface area (Å²) < 4.78 is 7.75. The number of benzene rings is 1. The fourth-order valence-corrected chi connectivity index (χ4v) is 4.08. The number of para-hydroxylation sites is 1. The van der Waals surface area contributed by atoms with Crippen molar-refractivity contribution < 1.29 is 4.74 Å². The monoisotopic (exact) mass is 332 g/mol. The van der Waals surface area contributed by atoms with Gasteiger partial charge in [0.15, 0.2) is 5.16 Å². The Hall–Kier alpha value is -1.33. The molecule has 0 spiro atoms. The molecule has 5 heteroatoms. The fourth-order valence-electron chi connectivity index (χ4n) is 3.16. The van der Waals surface area contributed by atoms with Gasteiger partial charge in [-0.15, -0.1) is 0 Å². The van der Waals surface area contributed by atoms with Gasteiger partial charge in [0.1, 0.15) is 0 Å². The lowest BCUT2D eigenvalue weighted by Crippen LogP contribution is -2.39. The van der Waals surface area contributed by atoms with E-state index in [1.807, 2.05) is 28.8 Å². The fraction of sp³-hybridized carbons (Fsp3) is 0.556. The molecule has 1 aliphatic heterocycles. The zero-order chi connectivity index (χ0) is 16.4. The summed E-state index contributed by atoms with van der Waals surface area (Å²) in [6, 6.07) is 7.79. The van der Waals surface area contributed by atoms with Crippen LogP contribution in [-0.4, -0.2) is 27.5 Å². The quantitative estimate of drug-likeness (QED) is 0.626. The molecule has 4 nitrogen and oxygen atoms in total. The van der Waals surface area contributed by atoms with Gasteiger partial charge in [0.05, 0.1) is 16.5 Å². The SMILES string of the molecule is CCCSc1nc2ccccc2c(=O)n1[C@@H]1CCOC(C)(C)C1. The van der Waals surface area contributed by atoms with Crippen LogP contribution in [0.25, 0.3) is 10.9 Å². The third-order valence-electron chi connectivity index (χ3n) is 4.25. The molecule has 1 saturated heterocycles. The topological polar surface area (TPSA) is 44.1 Å². The van der Waals surface area contributed by atoms with Crippen molar-refractivity contribution in [2.45, 2.75) is 56.8 Å². The highest BCUT2D eigenvalue weighted by Crippen LogP contribution is 2.33. The number of nitrogens with zero attached hydrogens (tertiary/aromatic N) is 2. The van der Waals surface area contributed by atoms with Gasteiger partial charge >= 0.3 is 0 Å². The highest BCUT2D eigenvalue weighted by atomic mass is 32.2. The normalized spacial score (nSPS) is 20.7. The number of rotatable bonds is 4. The molecule has 3 rings (SSSR count). The van der Waals surface area contributed by atoms with Crippen LogP contribution in [0.15, 0.2) is 34.2 Å². The van der Waals surface area contributed by atoms with E-state index >= 15 is 0 Å². The van der Waals surface area contributed by atoms with Crippen molar-refractivity contribution in [1.82, 2.24) is 9.55 Å². The Bertz CT molecular complexity index is 754. The Morgan fingerprint density at radius 1 is 1.39 bits per heavy atom. The van der Waals surface area contributed by atoms with Crippen LogP contribution < -0.4 is 5.56 Å². The number of fused-ring (bicyclic) bond motifs is 1. The van der Waals surface area contributed by atoms with Crippen LogP contribution >= 0.6 is 11.8 Å². The van der Waals surface area contributed by atoms with Gasteiger partial charge in [-0.25, -0.2) is 4.98 Å². The van der Waals surface area contributed by atoms with Crippen molar-refractivity contribution in [3.05, 3.63) is 34.6 Å². The van der Waals surface area contributed by atoms with Gasteiger partial charge in [-0.1, -0.05) is 30.8 Å². The summed E-state index contributed by atoms with van der Waals surface area (Å²) in [7, 11) is 0. The third-order valence-corrected chi connectivity index (χ3v) is 5.41. The molecule has 0 radical (unpaired) electrons. The van der Waals surface area contributed by atoms with Crippen LogP contribution in [-0.2, 0) is 4.74 Å². The van der Waals surface area contributed by atoms with Crippen molar-refractivity contribution >= 4 is 22.7 Å². The van der Waals surface area contributed by atoms with Crippen LogP contribution in [0.4, 0.5) is 0 Å². The molecule has 1 atom stereocenters. The molecule has 1 aromatic carbocycles. The maximum absolute atomic E-state index is 13.1. The first-order valence-electron chi connectivity index (χ1n) is 8.30. The molecule has 2 heterocycles. The van der Waals surface area contributed by atoms with E-state index in [0.29, 0.717) is 12.0 Å². The minimum atomic E-state index is -0.194. The van der Waals surface area contributed by atoms with Gasteiger partial charge in [-0.05, 0) is 45.2 Å². The van der Waals surface area contributed by atoms with Gasteiger partial charge in [-0.2, -0.15) is 0 Å². The van der Waals surface area contributed by atoms with E-state index in [2.05, 4.69) is 20.8 Å². The summed E-state index contributed by atoms with van der Waals surface area (Å²) >= 11 is 1.68. The minimum Gasteiger partial charge on any atom is -0.375 e. The summed E-state index contributed by atoms with van der Waals surface area (Å²) in [5.41, 5.74) is 0.677. The summed E-state index contributed by atoms with van der Waals surface area (Å²) in [6.07, 6.45) is 2.77. The Morgan fingerprint density at radius 3 is 2.91 bits per heavy atom. The molecular weight excluding hydrogens is 308 g/mol. The van der Waals surface area contributed by atoms with Crippen LogP contribution in [0.3, 0.4) is 0 Å². The molecule has 0 unspecified atom stereocenters. The van der Waals surface area contributed by atoms with Crippen molar-refractivity contribution in [3.63, 3.8) is 0 Å². The van der Waals surface area contributed by atoms with E-state index in [1.165, 1.54) is 0 Å². The second-order valence-corrected chi connectivity index (χ2v) is 7.75. The predicted molar refractivity (Wildman–Crippen MR) is 95.3 cm³/mol. The van der Waals surface area contributed by atoms with E-state index in [9.17, 15) is 4.79 Å². The van der Waals surface area contributed by atoms with Crippen molar-refractivity contribution in [2.75, 3.05) is 12.4 Å². The molecule has 0 saturated carbocycles. The number of thioether (sulfide) groups is 1. The average Bonchev–Trinajstić information content (AvgIpc) is 2.52. The first kappa shape index (κ1) is 16.5. The first-order chi connectivity index (χ1) is 11.0. The van der Waals surface area contributed by atoms with Crippen LogP contribution in [0.5, 0.6) is 0 Å². The Morgan fingerprint density at radius 2 is 2.17 bits per heavy atom. The highest BCUT2D eigenvalue weighted by Gasteiger charge is 2.32. The van der Waals surface area contributed by atoms with Crippen LogP contribution in [0.1, 0.15) is 46.1 Å². The second kappa shape index (κ2) is 6.65. The molecule has 0 aliphatic carbocycles. The van der Waals surface area contributed by atoms with Crippen molar-refractivity contribution in [1.29, 1.82) is 0 Å². The minimum absolute atomic E-state index is 0.0805. The summed E-state index contributed by atoms with van der Waals surface area (Å²) in [5.74, 6) is 0.970. The molecule has 1 aromatic heterocycles. The number of hydrogen-bond acceptors (Lipinski definition) is 4. The van der Waals surface area contributed by atoms with Gasteiger partial charge in [0, 0.05) is 18.4 Å². The van der Waals surface area contributed by atoms with Gasteiger partial charge < -0.3 is 4.74 Å². The Kier molecular flexibility index (Phi) is 4.78. The summed E-state index contributed by atoms with van der Waals surface area (Å²) in [4.78, 5) is 17.9. The van der Waals surface area contributed by atoms with Gasteiger partial charge in [-0.3, -0.25) is 9.36 Å². The van der Waals surface area contributed by atoms with Gasteiger partial charge in [0.25, 0.3) is 5.56 Å². The van der Waals surface area contributed by atoms with E-state index in [0.717, 1.165) is 35.7 Å². The molecule has 0 N–H and O–H groups in total. The molecule has 2 aromatic rings. The molecule has 23 heavy (non-hydrogen) atoms. The zero-order valence-electron chi connectivity index (χ0n) is 14.0. The Labute approximate surface area is 141 Å². The molecule has 124 valence electrons. The molecule has 1 aliphatic rings. The lowest BCUT2D eigenvalue weighted by atomic mass is 9.93. The molecule has 1 fully saturated rings. The second-order valence-electron chi connectivity index (χ2n) is 6.69. The van der Waals surface area contributed by atoms with Gasteiger partial charge in [0.2, 0.25) is 0 Å². The lowest BCUT2D eigenvalue weighted by molar-refractivity contribution is -0.0708. The van der Waals surface area contributed by atoms with Crippen LogP contribution in [0, 0.1) is 0 Å². The molecular formula is C18H24N2O2S. The molecule has 0 bridgehead atoms. The number of aromatic nitrogens is 2. The smallest absolute Gasteiger partial charge is 0.262 e. The van der Waals surface area contributed by atoms with Crippen molar-refractivity contribution in [2.24, 2.45) is 0 Å². The largest absolute Gasteiger partial charge is 0.375 e. The Balaban J connectivity index is 2.12.